The van der Waals surface area contributed by atoms with Crippen LogP contribution in [0.4, 0.5) is 5.82 Å². The van der Waals surface area contributed by atoms with E-state index in [-0.39, 0.29) is 5.56 Å². The van der Waals surface area contributed by atoms with Gasteiger partial charge in [-0.2, -0.15) is 5.26 Å². The summed E-state index contributed by atoms with van der Waals surface area (Å²) in [6, 6.07) is 2.49. The second kappa shape index (κ2) is 4.13. The fourth-order valence-corrected chi connectivity index (χ4v) is 1.57. The molecule has 1 aliphatic rings. The zero-order chi connectivity index (χ0) is 10.7. The highest BCUT2D eigenvalue weighted by Gasteiger charge is 2.30. The van der Waals surface area contributed by atoms with Crippen LogP contribution in [0.2, 0.25) is 0 Å². The molecule has 1 aromatic rings. The number of aromatic nitrogens is 2. The minimum absolute atomic E-state index is 0.178. The lowest BCUT2D eigenvalue weighted by Gasteiger charge is -2.20. The number of hydrogen-bond donors (Lipinski definition) is 1. The predicted octanol–water partition coefficient (Wildman–Crippen LogP) is 0.652. The lowest BCUT2D eigenvalue weighted by Crippen LogP contribution is -2.32. The molecule has 1 heterocycles. The Morgan fingerprint density at radius 2 is 2.47 bits per heavy atom. The maximum atomic E-state index is 11.5. The number of nitriles is 1. The maximum absolute atomic E-state index is 11.5. The van der Waals surface area contributed by atoms with Crippen molar-refractivity contribution in [3.63, 3.8) is 0 Å². The Morgan fingerprint density at radius 1 is 1.67 bits per heavy atom. The van der Waals surface area contributed by atoms with Gasteiger partial charge in [-0.25, -0.2) is 4.98 Å². The Hall–Kier alpha value is -1.83. The lowest BCUT2D eigenvalue weighted by molar-refractivity contribution is 0.768. The fraction of sp³-hybridized carbons (Fsp3) is 0.500. The molecule has 1 aromatic heterocycles. The molecule has 1 N–H and O–H groups in total. The number of nitrogens with zero attached hydrogens (tertiary/aromatic N) is 3. The van der Waals surface area contributed by atoms with Gasteiger partial charge in [0.1, 0.15) is 0 Å². The first-order valence-corrected chi connectivity index (χ1v) is 5.00. The van der Waals surface area contributed by atoms with Gasteiger partial charge in [0, 0.05) is 25.0 Å². The molecular weight excluding hydrogens is 192 g/mol. The first-order valence-electron chi connectivity index (χ1n) is 5.00. The summed E-state index contributed by atoms with van der Waals surface area (Å²) < 4.78 is 0. The summed E-state index contributed by atoms with van der Waals surface area (Å²) in [4.78, 5) is 20.1. The van der Waals surface area contributed by atoms with Crippen molar-refractivity contribution in [1.29, 1.82) is 5.26 Å². The first kappa shape index (κ1) is 9.71. The topological polar surface area (TPSA) is 72.8 Å². The summed E-state index contributed by atoms with van der Waals surface area (Å²) >= 11 is 0. The molecule has 0 amide bonds. The molecule has 0 spiro atoms. The van der Waals surface area contributed by atoms with Crippen LogP contribution in [0.25, 0.3) is 0 Å². The van der Waals surface area contributed by atoms with Crippen molar-refractivity contribution in [2.45, 2.75) is 25.3 Å². The lowest BCUT2D eigenvalue weighted by atomic mass is 10.4. The van der Waals surface area contributed by atoms with E-state index in [0.29, 0.717) is 24.8 Å². The average molecular weight is 204 g/mol. The summed E-state index contributed by atoms with van der Waals surface area (Å²) in [6.07, 6.45) is 5.68. The molecule has 0 aliphatic heterocycles. The molecule has 5 nitrogen and oxygen atoms in total. The zero-order valence-electron chi connectivity index (χ0n) is 8.31. The maximum Gasteiger partial charge on any atom is 0.290 e. The number of nitrogens with one attached hydrogen (secondary N) is 1. The molecular formula is C10H12N4O. The Balaban J connectivity index is 2.21. The molecule has 2 rings (SSSR count). The van der Waals surface area contributed by atoms with Crippen LogP contribution in [-0.4, -0.2) is 22.6 Å². The van der Waals surface area contributed by atoms with Crippen LogP contribution in [0, 0.1) is 11.3 Å². The Bertz CT molecular complexity index is 430. The van der Waals surface area contributed by atoms with Crippen LogP contribution in [0.1, 0.15) is 19.3 Å². The number of aromatic amines is 1. The van der Waals surface area contributed by atoms with Crippen LogP contribution in [0.15, 0.2) is 17.2 Å². The standard InChI is InChI=1S/C10H12N4O/c11-4-1-7-14(8-2-3-8)9-10(15)13-6-5-12-9/h5-6,8H,1-3,7H2,(H,13,15). The summed E-state index contributed by atoms with van der Waals surface area (Å²) in [5.74, 6) is 0.440. The monoisotopic (exact) mass is 204 g/mol. The first-order chi connectivity index (χ1) is 7.33. The molecule has 0 bridgehead atoms. The second-order valence-electron chi connectivity index (χ2n) is 3.57. The minimum atomic E-state index is -0.178. The van der Waals surface area contributed by atoms with Crippen molar-refractivity contribution in [1.82, 2.24) is 9.97 Å². The normalized spacial score (nSPS) is 14.6. The van der Waals surface area contributed by atoms with Crippen molar-refractivity contribution < 1.29 is 0 Å². The van der Waals surface area contributed by atoms with E-state index < -0.39 is 0 Å². The molecule has 0 radical (unpaired) electrons. The van der Waals surface area contributed by atoms with Gasteiger partial charge in [-0.05, 0) is 12.8 Å². The third kappa shape index (κ3) is 2.15. The van der Waals surface area contributed by atoms with E-state index >= 15 is 0 Å². The van der Waals surface area contributed by atoms with E-state index in [1.807, 2.05) is 4.90 Å². The molecule has 0 saturated heterocycles. The number of hydrogen-bond acceptors (Lipinski definition) is 4. The van der Waals surface area contributed by atoms with E-state index in [1.165, 1.54) is 6.20 Å². The van der Waals surface area contributed by atoms with Crippen LogP contribution >= 0.6 is 0 Å². The van der Waals surface area contributed by atoms with E-state index in [4.69, 9.17) is 5.26 Å². The number of anilines is 1. The molecule has 15 heavy (non-hydrogen) atoms. The Morgan fingerprint density at radius 3 is 3.07 bits per heavy atom. The number of rotatable bonds is 4. The van der Waals surface area contributed by atoms with E-state index in [9.17, 15) is 4.79 Å². The highest BCUT2D eigenvalue weighted by atomic mass is 16.1. The highest BCUT2D eigenvalue weighted by molar-refractivity contribution is 5.38. The van der Waals surface area contributed by atoms with Crippen molar-refractivity contribution in [3.05, 3.63) is 22.7 Å². The predicted molar refractivity (Wildman–Crippen MR) is 55.5 cm³/mol. The van der Waals surface area contributed by atoms with Gasteiger partial charge in [0.05, 0.1) is 12.5 Å². The molecule has 5 heteroatoms. The Labute approximate surface area is 87.4 Å². The summed E-state index contributed by atoms with van der Waals surface area (Å²) in [5, 5.41) is 8.55. The molecule has 1 saturated carbocycles. The van der Waals surface area contributed by atoms with E-state index in [0.717, 1.165) is 12.8 Å². The van der Waals surface area contributed by atoms with E-state index in [1.54, 1.807) is 6.20 Å². The molecule has 1 fully saturated rings. The van der Waals surface area contributed by atoms with Crippen molar-refractivity contribution >= 4 is 5.82 Å². The van der Waals surface area contributed by atoms with Crippen LogP contribution in [0.3, 0.4) is 0 Å². The van der Waals surface area contributed by atoms with Gasteiger partial charge in [0.15, 0.2) is 5.82 Å². The minimum Gasteiger partial charge on any atom is -0.348 e. The van der Waals surface area contributed by atoms with Gasteiger partial charge in [0.2, 0.25) is 0 Å². The van der Waals surface area contributed by atoms with Gasteiger partial charge in [-0.15, -0.1) is 0 Å². The average Bonchev–Trinajstić information content (AvgIpc) is 3.05. The van der Waals surface area contributed by atoms with Crippen molar-refractivity contribution in [3.8, 4) is 6.07 Å². The largest absolute Gasteiger partial charge is 0.348 e. The van der Waals surface area contributed by atoms with Gasteiger partial charge in [-0.3, -0.25) is 4.79 Å². The van der Waals surface area contributed by atoms with Gasteiger partial charge >= 0.3 is 0 Å². The quantitative estimate of drug-likeness (QED) is 0.781. The van der Waals surface area contributed by atoms with Gasteiger partial charge < -0.3 is 9.88 Å². The van der Waals surface area contributed by atoms with Crippen molar-refractivity contribution in [2.24, 2.45) is 0 Å². The highest BCUT2D eigenvalue weighted by Crippen LogP contribution is 2.28. The zero-order valence-corrected chi connectivity index (χ0v) is 8.31. The summed E-state index contributed by atoms with van der Waals surface area (Å²) in [6.45, 7) is 0.585. The Kier molecular flexibility index (Phi) is 2.68. The third-order valence-electron chi connectivity index (χ3n) is 2.41. The fourth-order valence-electron chi connectivity index (χ4n) is 1.57. The van der Waals surface area contributed by atoms with Gasteiger partial charge in [0.25, 0.3) is 5.56 Å². The summed E-state index contributed by atoms with van der Waals surface area (Å²) in [5.41, 5.74) is -0.178. The molecule has 0 atom stereocenters. The molecule has 0 unspecified atom stereocenters. The SMILES string of the molecule is N#CCCN(c1ncc[nH]c1=O)C1CC1. The van der Waals surface area contributed by atoms with Gasteiger partial charge in [-0.1, -0.05) is 0 Å². The smallest absolute Gasteiger partial charge is 0.290 e. The third-order valence-corrected chi connectivity index (χ3v) is 2.41. The molecule has 0 aromatic carbocycles. The van der Waals surface area contributed by atoms with Crippen LogP contribution < -0.4 is 10.5 Å². The van der Waals surface area contributed by atoms with Crippen LogP contribution in [-0.2, 0) is 0 Å². The second-order valence-corrected chi connectivity index (χ2v) is 3.57. The molecule has 1 aliphatic carbocycles. The van der Waals surface area contributed by atoms with Crippen LogP contribution in [0.5, 0.6) is 0 Å². The molecule has 78 valence electrons. The van der Waals surface area contributed by atoms with Crippen molar-refractivity contribution in [2.75, 3.05) is 11.4 Å². The van der Waals surface area contributed by atoms with E-state index in [2.05, 4.69) is 16.0 Å². The number of H-pyrrole nitrogens is 1. The summed E-state index contributed by atoms with van der Waals surface area (Å²) in [7, 11) is 0.